The molecule has 2 aromatic carbocycles. The van der Waals surface area contributed by atoms with Crippen LogP contribution in [0.1, 0.15) is 5.69 Å². The van der Waals surface area contributed by atoms with Crippen molar-refractivity contribution in [2.45, 2.75) is 6.92 Å². The van der Waals surface area contributed by atoms with Crippen LogP contribution in [-0.4, -0.2) is 5.10 Å². The number of rotatable bonds is 2. The average molecular weight is 287 g/mol. The SMILES string of the molecule is Cc1c(-c2ccccc2)oc2ccc(-c3ccccc3)n[n+]12. The first-order valence-corrected chi connectivity index (χ1v) is 7.26. The third kappa shape index (κ3) is 2.07. The second kappa shape index (κ2) is 5.11. The molecule has 0 bridgehead atoms. The second-order valence-corrected chi connectivity index (χ2v) is 5.22. The zero-order chi connectivity index (χ0) is 14.9. The summed E-state index contributed by atoms with van der Waals surface area (Å²) in [6.07, 6.45) is 0. The number of benzene rings is 2. The van der Waals surface area contributed by atoms with Gasteiger partial charge in [0.2, 0.25) is 5.76 Å². The quantitative estimate of drug-likeness (QED) is 0.520. The number of aryl methyl sites for hydroxylation is 1. The van der Waals surface area contributed by atoms with Crippen LogP contribution in [0, 0.1) is 6.92 Å². The van der Waals surface area contributed by atoms with Gasteiger partial charge < -0.3 is 4.42 Å². The molecular weight excluding hydrogens is 272 g/mol. The highest BCUT2D eigenvalue weighted by Gasteiger charge is 2.22. The lowest BCUT2D eigenvalue weighted by molar-refractivity contribution is -0.587. The van der Waals surface area contributed by atoms with E-state index in [1.165, 1.54) is 0 Å². The normalized spacial score (nSPS) is 11.0. The molecular formula is C19H15N2O+. The number of oxazole rings is 1. The van der Waals surface area contributed by atoms with Gasteiger partial charge in [-0.25, -0.2) is 0 Å². The van der Waals surface area contributed by atoms with Gasteiger partial charge in [-0.3, -0.25) is 0 Å². The first-order valence-electron chi connectivity index (χ1n) is 7.26. The number of nitrogens with zero attached hydrogens (tertiary/aromatic N) is 2. The summed E-state index contributed by atoms with van der Waals surface area (Å²) >= 11 is 0. The molecule has 0 saturated carbocycles. The summed E-state index contributed by atoms with van der Waals surface area (Å²) in [6.45, 7) is 2.03. The Morgan fingerprint density at radius 1 is 0.773 bits per heavy atom. The first-order chi connectivity index (χ1) is 10.8. The predicted molar refractivity (Wildman–Crippen MR) is 85.3 cm³/mol. The standard InChI is InChI=1S/C19H15N2O/c1-14-19(16-10-6-3-7-11-16)22-18-13-12-17(20-21(14)18)15-8-4-2-5-9-15/h2-13H,1H3/q+1. The average Bonchev–Trinajstić information content (AvgIpc) is 2.93. The van der Waals surface area contributed by atoms with Crippen LogP contribution in [0.3, 0.4) is 0 Å². The highest BCUT2D eigenvalue weighted by Crippen LogP contribution is 2.24. The van der Waals surface area contributed by atoms with Crippen LogP contribution in [0.2, 0.25) is 0 Å². The minimum absolute atomic E-state index is 0.746. The second-order valence-electron chi connectivity index (χ2n) is 5.22. The fraction of sp³-hybridized carbons (Fsp3) is 0.0526. The Balaban J connectivity index is 1.89. The smallest absolute Gasteiger partial charge is 0.396 e. The molecule has 0 aliphatic rings. The third-order valence-corrected chi connectivity index (χ3v) is 3.76. The van der Waals surface area contributed by atoms with Crippen LogP contribution in [-0.2, 0) is 0 Å². The van der Waals surface area contributed by atoms with E-state index in [9.17, 15) is 0 Å². The maximum absolute atomic E-state index is 5.98. The number of hydrogen-bond acceptors (Lipinski definition) is 2. The molecule has 4 rings (SSSR count). The largest absolute Gasteiger partial charge is 0.405 e. The van der Waals surface area contributed by atoms with Gasteiger partial charge in [-0.05, 0) is 10.6 Å². The Kier molecular flexibility index (Phi) is 2.97. The fourth-order valence-electron chi connectivity index (χ4n) is 2.62. The highest BCUT2D eigenvalue weighted by atomic mass is 16.4. The number of fused-ring (bicyclic) bond motifs is 1. The van der Waals surface area contributed by atoms with E-state index in [-0.39, 0.29) is 0 Å². The van der Waals surface area contributed by atoms with E-state index in [4.69, 9.17) is 9.52 Å². The molecule has 2 aromatic heterocycles. The van der Waals surface area contributed by atoms with E-state index in [0.29, 0.717) is 0 Å². The molecule has 0 saturated heterocycles. The van der Waals surface area contributed by atoms with Gasteiger partial charge in [0.25, 0.3) is 5.69 Å². The number of hydrogen-bond donors (Lipinski definition) is 0. The zero-order valence-corrected chi connectivity index (χ0v) is 12.2. The number of aromatic nitrogens is 2. The van der Waals surface area contributed by atoms with Crippen molar-refractivity contribution in [1.82, 2.24) is 5.10 Å². The summed E-state index contributed by atoms with van der Waals surface area (Å²) in [6, 6.07) is 24.2. The molecule has 0 unspecified atom stereocenters. The van der Waals surface area contributed by atoms with Crippen molar-refractivity contribution in [3.63, 3.8) is 0 Å². The maximum atomic E-state index is 5.98. The van der Waals surface area contributed by atoms with Crippen LogP contribution in [0.4, 0.5) is 0 Å². The molecule has 2 heterocycles. The van der Waals surface area contributed by atoms with E-state index in [1.807, 2.05) is 72.1 Å². The minimum atomic E-state index is 0.746. The van der Waals surface area contributed by atoms with Crippen molar-refractivity contribution >= 4 is 5.71 Å². The van der Waals surface area contributed by atoms with Crippen molar-refractivity contribution in [2.24, 2.45) is 0 Å². The molecule has 0 amide bonds. The molecule has 4 aromatic rings. The molecule has 0 N–H and O–H groups in total. The Bertz CT molecular complexity index is 928. The topological polar surface area (TPSA) is 30.1 Å². The van der Waals surface area contributed by atoms with Gasteiger partial charge in [-0.1, -0.05) is 60.7 Å². The lowest BCUT2D eigenvalue weighted by atomic mass is 10.1. The molecule has 0 aliphatic carbocycles. The molecule has 0 spiro atoms. The van der Waals surface area contributed by atoms with Gasteiger partial charge in [-0.15, -0.1) is 0 Å². The molecule has 0 radical (unpaired) electrons. The van der Waals surface area contributed by atoms with Crippen molar-refractivity contribution in [2.75, 3.05) is 0 Å². The first kappa shape index (κ1) is 12.8. The van der Waals surface area contributed by atoms with Crippen LogP contribution >= 0.6 is 0 Å². The summed E-state index contributed by atoms with van der Waals surface area (Å²) in [5, 5.41) is 4.71. The van der Waals surface area contributed by atoms with Crippen LogP contribution < -0.4 is 4.52 Å². The highest BCUT2D eigenvalue weighted by molar-refractivity contribution is 5.61. The van der Waals surface area contributed by atoms with Gasteiger partial charge in [0, 0.05) is 23.1 Å². The van der Waals surface area contributed by atoms with E-state index in [2.05, 4.69) is 12.1 Å². The van der Waals surface area contributed by atoms with Crippen LogP contribution in [0.5, 0.6) is 0 Å². The Morgan fingerprint density at radius 3 is 2.09 bits per heavy atom. The maximum Gasteiger partial charge on any atom is 0.405 e. The van der Waals surface area contributed by atoms with Crippen LogP contribution in [0.15, 0.2) is 77.2 Å². The van der Waals surface area contributed by atoms with Gasteiger partial charge >= 0.3 is 5.71 Å². The van der Waals surface area contributed by atoms with Gasteiger partial charge in [0.1, 0.15) is 5.69 Å². The molecule has 0 atom stereocenters. The van der Waals surface area contributed by atoms with Gasteiger partial charge in [-0.2, -0.15) is 0 Å². The Morgan fingerprint density at radius 2 is 1.41 bits per heavy atom. The van der Waals surface area contributed by atoms with Gasteiger partial charge in [0.15, 0.2) is 0 Å². The van der Waals surface area contributed by atoms with Crippen molar-refractivity contribution in [3.8, 4) is 22.6 Å². The lowest BCUT2D eigenvalue weighted by Crippen LogP contribution is -2.27. The molecule has 3 heteroatoms. The van der Waals surface area contributed by atoms with E-state index in [1.54, 1.807) is 0 Å². The monoisotopic (exact) mass is 287 g/mol. The molecule has 0 fully saturated rings. The van der Waals surface area contributed by atoms with Crippen molar-refractivity contribution in [3.05, 3.63) is 78.5 Å². The zero-order valence-electron chi connectivity index (χ0n) is 12.2. The summed E-state index contributed by atoms with van der Waals surface area (Å²) < 4.78 is 7.84. The van der Waals surface area contributed by atoms with E-state index >= 15 is 0 Å². The van der Waals surface area contributed by atoms with Crippen LogP contribution in [0.25, 0.3) is 28.3 Å². The third-order valence-electron chi connectivity index (χ3n) is 3.76. The van der Waals surface area contributed by atoms with Crippen molar-refractivity contribution < 1.29 is 8.93 Å². The summed E-state index contributed by atoms with van der Waals surface area (Å²) in [4.78, 5) is 0. The predicted octanol–water partition coefficient (Wildman–Crippen LogP) is 4.06. The van der Waals surface area contributed by atoms with Crippen molar-refractivity contribution in [1.29, 1.82) is 0 Å². The Labute approximate surface area is 128 Å². The van der Waals surface area contributed by atoms with E-state index in [0.717, 1.165) is 34.0 Å². The molecule has 3 nitrogen and oxygen atoms in total. The van der Waals surface area contributed by atoms with Gasteiger partial charge in [0.05, 0.1) is 6.07 Å². The minimum Gasteiger partial charge on any atom is -0.396 e. The molecule has 0 aliphatic heterocycles. The summed E-state index contributed by atoms with van der Waals surface area (Å²) in [7, 11) is 0. The molecule has 106 valence electrons. The molecule has 22 heavy (non-hydrogen) atoms. The lowest BCUT2D eigenvalue weighted by Gasteiger charge is -1.95. The fourth-order valence-corrected chi connectivity index (χ4v) is 2.62. The Hall–Kier alpha value is -2.94. The summed E-state index contributed by atoms with van der Waals surface area (Å²) in [5.41, 5.74) is 4.84. The van der Waals surface area contributed by atoms with E-state index < -0.39 is 0 Å². The summed E-state index contributed by atoms with van der Waals surface area (Å²) in [5.74, 6) is 0.860.